The zero-order valence-corrected chi connectivity index (χ0v) is 21.0. The Morgan fingerprint density at radius 3 is 2.30 bits per heavy atom. The number of hydrogen-bond acceptors (Lipinski definition) is 6. The maximum atomic E-state index is 12.0. The lowest BCUT2D eigenvalue weighted by Gasteiger charge is -2.21. The minimum Gasteiger partial charge on any atom is -0.451 e. The van der Waals surface area contributed by atoms with Crippen molar-refractivity contribution in [1.82, 2.24) is 9.78 Å². The summed E-state index contributed by atoms with van der Waals surface area (Å²) in [6.07, 6.45) is -0.112. The van der Waals surface area contributed by atoms with E-state index in [0.717, 1.165) is 29.7 Å². The second kappa shape index (κ2) is 11.0. The third kappa shape index (κ3) is 6.61. The van der Waals surface area contributed by atoms with Gasteiger partial charge in [-0.15, -0.1) is 0 Å². The number of carbonyl (C=O) groups excluding carboxylic acids is 1. The number of ether oxygens (including phenoxy) is 3. The summed E-state index contributed by atoms with van der Waals surface area (Å²) in [7, 11) is 1.79. The minimum absolute atomic E-state index is 0.00931. The molecule has 0 bridgehead atoms. The highest BCUT2D eigenvalue weighted by Gasteiger charge is 2.25. The molecule has 7 heteroatoms. The molecule has 0 N–H and O–H groups in total. The lowest BCUT2D eigenvalue weighted by Crippen LogP contribution is -2.20. The van der Waals surface area contributed by atoms with E-state index in [1.54, 1.807) is 18.7 Å². The average molecular weight is 454 g/mol. The van der Waals surface area contributed by atoms with Gasteiger partial charge in [-0.25, -0.2) is 4.79 Å². The predicted octanol–water partition coefficient (Wildman–Crippen LogP) is 6.04. The summed E-state index contributed by atoms with van der Waals surface area (Å²) in [5.74, 6) is 0.301. The second-order valence-electron chi connectivity index (χ2n) is 9.08. The molecule has 0 amide bonds. The van der Waals surface area contributed by atoms with Crippen LogP contribution < -0.4 is 0 Å². The van der Waals surface area contributed by atoms with Crippen molar-refractivity contribution in [3.63, 3.8) is 0 Å². The highest BCUT2D eigenvalue weighted by molar-refractivity contribution is 5.94. The van der Waals surface area contributed by atoms with E-state index < -0.39 is 12.4 Å². The maximum Gasteiger partial charge on any atom is 0.511 e. The predicted molar refractivity (Wildman–Crippen MR) is 128 cm³/mol. The van der Waals surface area contributed by atoms with Crippen molar-refractivity contribution in [2.24, 2.45) is 7.05 Å². The van der Waals surface area contributed by atoms with E-state index >= 15 is 0 Å². The Hall–Kier alpha value is -3.27. The average Bonchev–Trinajstić information content (AvgIpc) is 2.99. The number of nitriles is 1. The minimum atomic E-state index is -0.971. The number of hydrogen-bond donors (Lipinski definition) is 0. The number of rotatable bonds is 8. The van der Waals surface area contributed by atoms with Crippen LogP contribution in [-0.4, -0.2) is 28.8 Å². The van der Waals surface area contributed by atoms with Crippen molar-refractivity contribution in [2.75, 3.05) is 6.61 Å². The van der Waals surface area contributed by atoms with Gasteiger partial charge in [0.05, 0.1) is 12.3 Å². The maximum absolute atomic E-state index is 12.0. The first-order valence-electron chi connectivity index (χ1n) is 11.3. The fourth-order valence-electron chi connectivity index (χ4n) is 3.36. The highest BCUT2D eigenvalue weighted by atomic mass is 16.8. The molecule has 0 radical (unpaired) electrons. The van der Waals surface area contributed by atoms with Crippen LogP contribution in [0.3, 0.4) is 0 Å². The van der Waals surface area contributed by atoms with Crippen LogP contribution in [0.2, 0.25) is 0 Å². The van der Waals surface area contributed by atoms with Crippen LogP contribution in [0.4, 0.5) is 4.79 Å². The highest BCUT2D eigenvalue weighted by Crippen LogP contribution is 2.32. The van der Waals surface area contributed by atoms with Crippen molar-refractivity contribution >= 4 is 17.5 Å². The summed E-state index contributed by atoms with van der Waals surface area (Å²) >= 11 is 0. The van der Waals surface area contributed by atoms with Gasteiger partial charge in [0.1, 0.15) is 17.3 Å². The van der Waals surface area contributed by atoms with Gasteiger partial charge in [0.15, 0.2) is 5.76 Å². The van der Waals surface area contributed by atoms with Crippen molar-refractivity contribution < 1.29 is 19.0 Å². The van der Waals surface area contributed by atoms with Gasteiger partial charge in [0, 0.05) is 19.5 Å². The van der Waals surface area contributed by atoms with Crippen LogP contribution in [0.25, 0.3) is 11.3 Å². The Balaban J connectivity index is 2.48. The summed E-state index contributed by atoms with van der Waals surface area (Å²) in [6, 6.07) is 10.1. The Morgan fingerprint density at radius 1 is 1.18 bits per heavy atom. The summed E-state index contributed by atoms with van der Waals surface area (Å²) in [5.41, 5.74) is 4.53. The zero-order valence-electron chi connectivity index (χ0n) is 21.0. The third-order valence-electron chi connectivity index (χ3n) is 5.38. The SMILES string of the molecule is CCCCOC(=O)OC(C)O/C(=C(/C#N)c1ccc(C(C)(C)C)cc1)c1c(C)c(C)nn1C. The van der Waals surface area contributed by atoms with Crippen LogP contribution in [0, 0.1) is 25.2 Å². The van der Waals surface area contributed by atoms with E-state index in [1.165, 1.54) is 0 Å². The van der Waals surface area contributed by atoms with Crippen molar-refractivity contribution in [3.05, 3.63) is 52.3 Å². The van der Waals surface area contributed by atoms with E-state index in [4.69, 9.17) is 14.2 Å². The molecule has 2 rings (SSSR count). The molecule has 33 heavy (non-hydrogen) atoms. The van der Waals surface area contributed by atoms with Gasteiger partial charge in [0.2, 0.25) is 6.29 Å². The molecule has 2 aromatic rings. The smallest absolute Gasteiger partial charge is 0.451 e. The largest absolute Gasteiger partial charge is 0.511 e. The summed E-state index contributed by atoms with van der Waals surface area (Å²) in [5, 5.41) is 14.6. The van der Waals surface area contributed by atoms with E-state index in [1.807, 2.05) is 45.0 Å². The quantitative estimate of drug-likeness (QED) is 0.159. The summed E-state index contributed by atoms with van der Waals surface area (Å²) in [4.78, 5) is 12.0. The molecule has 1 aromatic heterocycles. The van der Waals surface area contributed by atoms with Crippen LogP contribution in [0.15, 0.2) is 24.3 Å². The fourth-order valence-corrected chi connectivity index (χ4v) is 3.36. The monoisotopic (exact) mass is 453 g/mol. The Labute approximate surface area is 197 Å². The summed E-state index contributed by atoms with van der Waals surface area (Å²) in [6.45, 7) is 14.1. The zero-order chi connectivity index (χ0) is 24.8. The molecule has 0 aliphatic rings. The number of aryl methyl sites for hydroxylation is 2. The van der Waals surface area contributed by atoms with Gasteiger partial charge in [-0.3, -0.25) is 4.68 Å². The van der Waals surface area contributed by atoms with E-state index in [9.17, 15) is 10.1 Å². The van der Waals surface area contributed by atoms with Gasteiger partial charge >= 0.3 is 6.16 Å². The van der Waals surface area contributed by atoms with E-state index in [0.29, 0.717) is 22.6 Å². The number of aromatic nitrogens is 2. The number of unbranched alkanes of at least 4 members (excludes halogenated alkanes) is 1. The third-order valence-corrected chi connectivity index (χ3v) is 5.38. The molecule has 0 aliphatic carbocycles. The van der Waals surface area contributed by atoms with Crippen molar-refractivity contribution in [2.45, 2.75) is 73.0 Å². The summed E-state index contributed by atoms with van der Waals surface area (Å²) < 4.78 is 18.1. The van der Waals surface area contributed by atoms with Crippen molar-refractivity contribution in [3.8, 4) is 6.07 Å². The molecule has 1 heterocycles. The molecule has 0 spiro atoms. The molecule has 1 unspecified atom stereocenters. The van der Waals surface area contributed by atoms with Crippen LogP contribution >= 0.6 is 0 Å². The molecule has 0 saturated carbocycles. The lowest BCUT2D eigenvalue weighted by atomic mass is 9.86. The molecule has 1 aromatic carbocycles. The van der Waals surface area contributed by atoms with Crippen LogP contribution in [-0.2, 0) is 26.7 Å². The molecule has 0 aliphatic heterocycles. The van der Waals surface area contributed by atoms with E-state index in [2.05, 4.69) is 31.9 Å². The topological polar surface area (TPSA) is 86.4 Å². The Bertz CT molecular complexity index is 1040. The number of nitrogens with zero attached hydrogens (tertiary/aromatic N) is 3. The standard InChI is InChI=1S/C26H35N3O4/c1-9-10-15-31-25(30)33-19(4)32-24(23-17(2)18(3)28-29(23)8)22(16-27)20-11-13-21(14-12-20)26(5,6)7/h11-14,19H,9-10,15H2,1-8H3/b24-22-. The van der Waals surface area contributed by atoms with Gasteiger partial charge < -0.3 is 14.2 Å². The number of carbonyl (C=O) groups is 1. The lowest BCUT2D eigenvalue weighted by molar-refractivity contribution is -0.0672. The van der Waals surface area contributed by atoms with Crippen LogP contribution in [0.5, 0.6) is 0 Å². The Morgan fingerprint density at radius 2 is 1.82 bits per heavy atom. The molecular formula is C26H35N3O4. The molecular weight excluding hydrogens is 418 g/mol. The van der Waals surface area contributed by atoms with Crippen LogP contribution in [0.1, 0.15) is 75.5 Å². The fraction of sp³-hybridized carbons (Fsp3) is 0.500. The van der Waals surface area contributed by atoms with Gasteiger partial charge in [0.25, 0.3) is 0 Å². The normalized spacial score (nSPS) is 13.1. The Kier molecular flexibility index (Phi) is 8.69. The molecule has 7 nitrogen and oxygen atoms in total. The molecule has 178 valence electrons. The molecule has 0 fully saturated rings. The number of allylic oxidation sites excluding steroid dienone is 1. The molecule has 0 saturated heterocycles. The van der Waals surface area contributed by atoms with E-state index in [-0.39, 0.29) is 12.0 Å². The first-order chi connectivity index (χ1) is 15.5. The first kappa shape index (κ1) is 26.0. The molecule has 1 atom stereocenters. The second-order valence-corrected chi connectivity index (χ2v) is 9.08. The van der Waals surface area contributed by atoms with Gasteiger partial charge in [-0.1, -0.05) is 58.4 Å². The first-order valence-corrected chi connectivity index (χ1v) is 11.3. The van der Waals surface area contributed by atoms with Gasteiger partial charge in [-0.2, -0.15) is 10.4 Å². The van der Waals surface area contributed by atoms with Crippen molar-refractivity contribution in [1.29, 1.82) is 5.26 Å². The van der Waals surface area contributed by atoms with Gasteiger partial charge in [-0.05, 0) is 36.8 Å². The number of benzene rings is 1.